The Hall–Kier alpha value is -2.72. The molecule has 0 bridgehead atoms. The molecular weight excluding hydrogens is 354 g/mol. The van der Waals surface area contributed by atoms with Crippen LogP contribution in [0.25, 0.3) is 11.1 Å². The first-order valence-electron chi connectivity index (χ1n) is 9.03. The van der Waals surface area contributed by atoms with Crippen molar-refractivity contribution in [2.24, 2.45) is 0 Å². The molecule has 138 valence electrons. The van der Waals surface area contributed by atoms with E-state index in [4.69, 9.17) is 0 Å². The Labute approximate surface area is 162 Å². The standard InChI is InChI=1S/C23H23NO2S/c1-3-27(26)22-12-8-7-11-21(22)23(25)24-17(2)18-13-15-20(16-14-18)19-9-5-4-6-10-19/h4-17H,3H2,1-2H3,(H,24,25). The fourth-order valence-corrected chi connectivity index (χ4v) is 3.91. The Morgan fingerprint density at radius 1 is 0.889 bits per heavy atom. The summed E-state index contributed by atoms with van der Waals surface area (Å²) in [5, 5.41) is 3.02. The summed E-state index contributed by atoms with van der Waals surface area (Å²) < 4.78 is 12.2. The van der Waals surface area contributed by atoms with Gasteiger partial charge < -0.3 is 5.32 Å². The molecule has 0 aliphatic carbocycles. The van der Waals surface area contributed by atoms with Crippen LogP contribution >= 0.6 is 0 Å². The van der Waals surface area contributed by atoms with Crippen LogP contribution in [0.4, 0.5) is 0 Å². The number of nitrogens with one attached hydrogen (secondary N) is 1. The molecule has 0 aliphatic heterocycles. The highest BCUT2D eigenvalue weighted by atomic mass is 32.2. The number of benzene rings is 3. The van der Waals surface area contributed by atoms with Crippen LogP contribution in [0.15, 0.2) is 83.8 Å². The lowest BCUT2D eigenvalue weighted by Gasteiger charge is -2.16. The molecular formula is C23H23NO2S. The van der Waals surface area contributed by atoms with Gasteiger partial charge in [-0.1, -0.05) is 73.7 Å². The minimum atomic E-state index is -1.17. The van der Waals surface area contributed by atoms with Gasteiger partial charge in [0.05, 0.1) is 27.3 Å². The summed E-state index contributed by atoms with van der Waals surface area (Å²) in [5.41, 5.74) is 3.81. The summed E-state index contributed by atoms with van der Waals surface area (Å²) in [6, 6.07) is 25.3. The minimum absolute atomic E-state index is 0.148. The smallest absolute Gasteiger partial charge is 0.252 e. The molecule has 0 saturated carbocycles. The second kappa shape index (κ2) is 8.78. The van der Waals surface area contributed by atoms with E-state index in [2.05, 4.69) is 29.6 Å². The van der Waals surface area contributed by atoms with Crippen LogP contribution in [0.2, 0.25) is 0 Å². The normalized spacial score (nSPS) is 13.0. The zero-order valence-electron chi connectivity index (χ0n) is 15.5. The summed E-state index contributed by atoms with van der Waals surface area (Å²) in [4.78, 5) is 13.3. The van der Waals surface area contributed by atoms with E-state index in [1.54, 1.807) is 18.2 Å². The fourth-order valence-electron chi connectivity index (χ4n) is 2.96. The summed E-state index contributed by atoms with van der Waals surface area (Å²) in [7, 11) is -1.17. The monoisotopic (exact) mass is 377 g/mol. The highest BCUT2D eigenvalue weighted by Gasteiger charge is 2.17. The Bertz CT molecular complexity index is 936. The van der Waals surface area contributed by atoms with Gasteiger partial charge in [0.15, 0.2) is 0 Å². The first kappa shape index (κ1) is 19.1. The quantitative estimate of drug-likeness (QED) is 0.659. The minimum Gasteiger partial charge on any atom is -0.345 e. The fraction of sp³-hybridized carbons (Fsp3) is 0.174. The zero-order chi connectivity index (χ0) is 19.2. The first-order valence-corrected chi connectivity index (χ1v) is 10.4. The van der Waals surface area contributed by atoms with Crippen LogP contribution in [0.5, 0.6) is 0 Å². The van der Waals surface area contributed by atoms with Crippen molar-refractivity contribution in [3.8, 4) is 11.1 Å². The van der Waals surface area contributed by atoms with Gasteiger partial charge >= 0.3 is 0 Å². The lowest BCUT2D eigenvalue weighted by molar-refractivity contribution is 0.0936. The predicted molar refractivity (Wildman–Crippen MR) is 111 cm³/mol. The maximum Gasteiger partial charge on any atom is 0.252 e. The second-order valence-corrected chi connectivity index (χ2v) is 8.02. The Morgan fingerprint density at radius 2 is 1.48 bits per heavy atom. The molecule has 3 nitrogen and oxygen atoms in total. The van der Waals surface area contributed by atoms with Crippen LogP contribution in [0.1, 0.15) is 35.8 Å². The van der Waals surface area contributed by atoms with Gasteiger partial charge in [0, 0.05) is 5.75 Å². The van der Waals surface area contributed by atoms with Gasteiger partial charge in [-0.15, -0.1) is 0 Å². The van der Waals surface area contributed by atoms with Crippen molar-refractivity contribution in [2.45, 2.75) is 24.8 Å². The molecule has 0 spiro atoms. The molecule has 4 heteroatoms. The summed E-state index contributed by atoms with van der Waals surface area (Å²) in [6.07, 6.45) is 0. The molecule has 0 heterocycles. The number of carbonyl (C=O) groups is 1. The molecule has 3 aromatic rings. The summed E-state index contributed by atoms with van der Waals surface area (Å²) in [6.45, 7) is 3.80. The van der Waals surface area contributed by atoms with Gasteiger partial charge in [-0.05, 0) is 35.7 Å². The molecule has 0 radical (unpaired) electrons. The summed E-state index contributed by atoms with van der Waals surface area (Å²) >= 11 is 0. The third kappa shape index (κ3) is 4.52. The number of amides is 1. The molecule has 2 atom stereocenters. The van der Waals surface area contributed by atoms with Gasteiger partial charge in [-0.2, -0.15) is 0 Å². The lowest BCUT2D eigenvalue weighted by atomic mass is 10.0. The molecule has 27 heavy (non-hydrogen) atoms. The molecule has 3 aromatic carbocycles. The van der Waals surface area contributed by atoms with Gasteiger partial charge in [0.25, 0.3) is 5.91 Å². The van der Waals surface area contributed by atoms with E-state index in [0.717, 1.165) is 16.7 Å². The van der Waals surface area contributed by atoms with E-state index in [1.807, 2.05) is 50.2 Å². The largest absolute Gasteiger partial charge is 0.345 e. The molecule has 0 saturated heterocycles. The van der Waals surface area contributed by atoms with Crippen LogP contribution in [0, 0.1) is 0 Å². The number of hydrogen-bond donors (Lipinski definition) is 1. The molecule has 1 N–H and O–H groups in total. The van der Waals surface area contributed by atoms with Gasteiger partial charge in [-0.3, -0.25) is 9.00 Å². The van der Waals surface area contributed by atoms with E-state index in [0.29, 0.717) is 16.2 Å². The van der Waals surface area contributed by atoms with E-state index in [-0.39, 0.29) is 11.9 Å². The van der Waals surface area contributed by atoms with Crippen LogP contribution < -0.4 is 5.32 Å². The topological polar surface area (TPSA) is 46.2 Å². The lowest BCUT2D eigenvalue weighted by Crippen LogP contribution is -2.27. The van der Waals surface area contributed by atoms with Crippen molar-refractivity contribution in [3.05, 3.63) is 90.0 Å². The maximum absolute atomic E-state index is 12.7. The average molecular weight is 378 g/mol. The van der Waals surface area contributed by atoms with E-state index in [1.165, 1.54) is 0 Å². The van der Waals surface area contributed by atoms with Crippen LogP contribution in [-0.2, 0) is 10.8 Å². The third-order valence-electron chi connectivity index (χ3n) is 4.50. The van der Waals surface area contributed by atoms with Crippen molar-refractivity contribution < 1.29 is 9.00 Å². The molecule has 1 amide bonds. The maximum atomic E-state index is 12.7. The first-order chi connectivity index (χ1) is 13.1. The van der Waals surface area contributed by atoms with E-state index in [9.17, 15) is 9.00 Å². The van der Waals surface area contributed by atoms with Gasteiger partial charge in [0.1, 0.15) is 0 Å². The van der Waals surface area contributed by atoms with Crippen molar-refractivity contribution in [1.29, 1.82) is 0 Å². The molecule has 0 fully saturated rings. The number of hydrogen-bond acceptors (Lipinski definition) is 2. The van der Waals surface area contributed by atoms with Crippen LogP contribution in [-0.4, -0.2) is 15.9 Å². The highest BCUT2D eigenvalue weighted by molar-refractivity contribution is 7.85. The SMILES string of the molecule is CCS(=O)c1ccccc1C(=O)NC(C)c1ccc(-c2ccccc2)cc1. The van der Waals surface area contributed by atoms with Crippen molar-refractivity contribution in [3.63, 3.8) is 0 Å². The predicted octanol–water partition coefficient (Wildman–Crippen LogP) is 4.97. The van der Waals surface area contributed by atoms with Gasteiger partial charge in [-0.25, -0.2) is 0 Å². The highest BCUT2D eigenvalue weighted by Crippen LogP contribution is 2.22. The molecule has 2 unspecified atom stereocenters. The Morgan fingerprint density at radius 3 is 2.15 bits per heavy atom. The van der Waals surface area contributed by atoms with Crippen LogP contribution in [0.3, 0.4) is 0 Å². The van der Waals surface area contributed by atoms with E-state index >= 15 is 0 Å². The molecule has 3 rings (SSSR count). The number of rotatable bonds is 6. The van der Waals surface area contributed by atoms with Gasteiger partial charge in [0.2, 0.25) is 0 Å². The Kier molecular flexibility index (Phi) is 6.20. The third-order valence-corrected chi connectivity index (χ3v) is 5.88. The van der Waals surface area contributed by atoms with Crippen molar-refractivity contribution >= 4 is 16.7 Å². The summed E-state index contributed by atoms with van der Waals surface area (Å²) in [5.74, 6) is 0.285. The average Bonchev–Trinajstić information content (AvgIpc) is 2.73. The van der Waals surface area contributed by atoms with Crippen molar-refractivity contribution in [1.82, 2.24) is 5.32 Å². The second-order valence-electron chi connectivity index (χ2n) is 6.31. The Balaban J connectivity index is 1.75. The molecule has 0 aliphatic rings. The van der Waals surface area contributed by atoms with Crippen molar-refractivity contribution in [2.75, 3.05) is 5.75 Å². The van der Waals surface area contributed by atoms with E-state index < -0.39 is 10.8 Å². The molecule has 0 aromatic heterocycles. The number of carbonyl (C=O) groups excluding carboxylic acids is 1. The zero-order valence-corrected chi connectivity index (χ0v) is 16.3.